The Balaban J connectivity index is 0. The molecule has 0 fully saturated rings. The van der Waals surface area contributed by atoms with Crippen molar-refractivity contribution in [2.24, 2.45) is 0 Å². The Kier molecular flexibility index (Phi) is 8.90. The van der Waals surface area contributed by atoms with Crippen LogP contribution in [-0.4, -0.2) is 86.8 Å². The van der Waals surface area contributed by atoms with Crippen molar-refractivity contribution in [2.45, 2.75) is 12.8 Å². The van der Waals surface area contributed by atoms with Crippen molar-refractivity contribution in [1.82, 2.24) is 0 Å². The van der Waals surface area contributed by atoms with Gasteiger partial charge >= 0.3 is 81.6 Å². The Morgan fingerprint density at radius 3 is 1.24 bits per heavy atom. The van der Waals surface area contributed by atoms with Gasteiger partial charge in [-0.2, -0.15) is 16.8 Å². The SMILES string of the molecule is O=C(CCC(=O)OS(=O)(=O)O)OS(=O)(=O)O.[BaH2]. The number of rotatable bonds is 5. The molecule has 13 heteroatoms. The molecule has 98 valence electrons. The van der Waals surface area contributed by atoms with Gasteiger partial charge in [0.1, 0.15) is 0 Å². The minimum absolute atomic E-state index is 0. The van der Waals surface area contributed by atoms with Crippen LogP contribution in [0, 0.1) is 0 Å². The summed E-state index contributed by atoms with van der Waals surface area (Å²) in [5, 5.41) is 0. The third-order valence-electron chi connectivity index (χ3n) is 0.930. The molecule has 0 heterocycles. The van der Waals surface area contributed by atoms with E-state index in [0.29, 0.717) is 0 Å². The summed E-state index contributed by atoms with van der Waals surface area (Å²) in [6, 6.07) is 0. The van der Waals surface area contributed by atoms with E-state index in [-0.39, 0.29) is 48.9 Å². The number of carbonyl (C=O) groups excluding carboxylic acids is 2. The van der Waals surface area contributed by atoms with E-state index < -0.39 is 45.6 Å². The zero-order chi connectivity index (χ0) is 13.0. The third-order valence-corrected chi connectivity index (χ3v) is 1.72. The fourth-order valence-electron chi connectivity index (χ4n) is 0.522. The first-order valence-corrected chi connectivity index (χ1v) is 6.12. The molecule has 0 rings (SSSR count). The standard InChI is InChI=1S/C4H6O10S2.Ba.2H/c5-3(13-15(7,8)9)1-2-4(6)14-16(10,11)12;;;/h1-2H2,(H,7,8,9)(H,10,11,12);;;. The zero-order valence-corrected chi connectivity index (χ0v) is 9.02. The van der Waals surface area contributed by atoms with Crippen LogP contribution in [-0.2, 0) is 38.8 Å². The molecule has 0 aromatic rings. The molecule has 10 nitrogen and oxygen atoms in total. The van der Waals surface area contributed by atoms with E-state index in [0.717, 1.165) is 0 Å². The van der Waals surface area contributed by atoms with Gasteiger partial charge in [-0.05, 0) is 0 Å². The average molecular weight is 418 g/mol. The van der Waals surface area contributed by atoms with E-state index in [1.54, 1.807) is 0 Å². The fraction of sp³-hybridized carbons (Fsp3) is 0.500. The van der Waals surface area contributed by atoms with E-state index in [4.69, 9.17) is 9.11 Å². The molecule has 0 saturated heterocycles. The summed E-state index contributed by atoms with van der Waals surface area (Å²) in [4.78, 5) is 21.1. The molecule has 0 spiro atoms. The van der Waals surface area contributed by atoms with Crippen LogP contribution in [0.25, 0.3) is 0 Å². The summed E-state index contributed by atoms with van der Waals surface area (Å²) in [5.74, 6) is -2.98. The predicted molar refractivity (Wildman–Crippen MR) is 53.1 cm³/mol. The van der Waals surface area contributed by atoms with Crippen molar-refractivity contribution in [1.29, 1.82) is 0 Å². The van der Waals surface area contributed by atoms with E-state index in [1.807, 2.05) is 0 Å². The second-order valence-electron chi connectivity index (χ2n) is 2.27. The molecule has 0 bridgehead atoms. The fourth-order valence-corrected chi connectivity index (χ4v) is 1.16. The number of hydrogen-bond donors (Lipinski definition) is 2. The van der Waals surface area contributed by atoms with Crippen LogP contribution < -0.4 is 0 Å². The molecular weight excluding hydrogens is 409 g/mol. The van der Waals surface area contributed by atoms with Gasteiger partial charge in [-0.3, -0.25) is 18.7 Å². The zero-order valence-electron chi connectivity index (χ0n) is 7.39. The van der Waals surface area contributed by atoms with Crippen LogP contribution in [0.2, 0.25) is 0 Å². The van der Waals surface area contributed by atoms with Crippen molar-refractivity contribution in [3.63, 3.8) is 0 Å². The Morgan fingerprint density at radius 1 is 0.824 bits per heavy atom. The van der Waals surface area contributed by atoms with Crippen molar-refractivity contribution in [3.05, 3.63) is 0 Å². The molecular formula is C4H8BaO10S2. The molecule has 17 heavy (non-hydrogen) atoms. The predicted octanol–water partition coefficient (Wildman–Crippen LogP) is -2.46. The van der Waals surface area contributed by atoms with Crippen molar-refractivity contribution >= 4 is 81.6 Å². The molecule has 0 unspecified atom stereocenters. The summed E-state index contributed by atoms with van der Waals surface area (Å²) < 4.78 is 62.7. The Bertz CT molecular complexity index is 428. The number of carbonyl (C=O) groups is 2. The monoisotopic (exact) mass is 418 g/mol. The molecule has 0 saturated carbocycles. The molecule has 0 atom stereocenters. The Labute approximate surface area is 137 Å². The van der Waals surface area contributed by atoms with Crippen molar-refractivity contribution in [2.75, 3.05) is 0 Å². The minimum atomic E-state index is -4.98. The van der Waals surface area contributed by atoms with E-state index in [1.165, 1.54) is 0 Å². The quantitative estimate of drug-likeness (QED) is 0.362. The van der Waals surface area contributed by atoms with Crippen LogP contribution in [0.1, 0.15) is 12.8 Å². The summed E-state index contributed by atoms with van der Waals surface area (Å²) >= 11 is 0. The molecule has 0 aromatic carbocycles. The Morgan fingerprint density at radius 2 is 1.06 bits per heavy atom. The second kappa shape index (κ2) is 7.70. The first-order chi connectivity index (χ1) is 6.99. The van der Waals surface area contributed by atoms with Gasteiger partial charge in [-0.25, -0.2) is 0 Å². The van der Waals surface area contributed by atoms with Gasteiger partial charge in [-0.15, -0.1) is 0 Å². The van der Waals surface area contributed by atoms with Gasteiger partial charge in [0, 0.05) is 0 Å². The Hall–Kier alpha value is 0.331. The van der Waals surface area contributed by atoms with Crippen LogP contribution >= 0.6 is 0 Å². The first-order valence-electron chi connectivity index (χ1n) is 3.39. The normalized spacial score (nSPS) is 11.2. The molecule has 0 aromatic heterocycles. The molecule has 0 aliphatic rings. The van der Waals surface area contributed by atoms with E-state index in [2.05, 4.69) is 8.37 Å². The third kappa shape index (κ3) is 14.3. The molecule has 2 N–H and O–H groups in total. The van der Waals surface area contributed by atoms with E-state index >= 15 is 0 Å². The summed E-state index contributed by atoms with van der Waals surface area (Å²) in [6.45, 7) is 0. The first kappa shape index (κ1) is 19.7. The maximum atomic E-state index is 10.5. The van der Waals surface area contributed by atoms with Gasteiger partial charge in [0.2, 0.25) is 0 Å². The maximum absolute atomic E-state index is 10.5. The van der Waals surface area contributed by atoms with Crippen molar-refractivity contribution < 1.29 is 43.9 Å². The van der Waals surface area contributed by atoms with Crippen molar-refractivity contribution in [3.8, 4) is 0 Å². The van der Waals surface area contributed by atoms with Gasteiger partial charge in [-0.1, -0.05) is 0 Å². The second-order valence-corrected chi connectivity index (χ2v) is 4.31. The van der Waals surface area contributed by atoms with Gasteiger partial charge in [0.05, 0.1) is 12.8 Å². The molecule has 0 radical (unpaired) electrons. The average Bonchev–Trinajstić information content (AvgIpc) is 1.94. The van der Waals surface area contributed by atoms with E-state index in [9.17, 15) is 26.4 Å². The van der Waals surface area contributed by atoms with Gasteiger partial charge in [0.15, 0.2) is 0 Å². The van der Waals surface area contributed by atoms with Crippen LogP contribution in [0.3, 0.4) is 0 Å². The van der Waals surface area contributed by atoms with Crippen LogP contribution in [0.15, 0.2) is 0 Å². The number of hydrogen-bond acceptors (Lipinski definition) is 8. The van der Waals surface area contributed by atoms with Gasteiger partial charge in [0.25, 0.3) is 0 Å². The topological polar surface area (TPSA) is 161 Å². The summed E-state index contributed by atoms with van der Waals surface area (Å²) in [7, 11) is -9.95. The molecule has 0 amide bonds. The molecule has 0 aliphatic carbocycles. The molecule has 0 aliphatic heterocycles. The van der Waals surface area contributed by atoms with Crippen LogP contribution in [0.5, 0.6) is 0 Å². The van der Waals surface area contributed by atoms with Gasteiger partial charge < -0.3 is 8.37 Å². The van der Waals surface area contributed by atoms with Crippen LogP contribution in [0.4, 0.5) is 0 Å². The summed E-state index contributed by atoms with van der Waals surface area (Å²) in [6.07, 6.45) is -1.71. The summed E-state index contributed by atoms with van der Waals surface area (Å²) in [5.41, 5.74) is 0.